The van der Waals surface area contributed by atoms with Crippen LogP contribution in [0.1, 0.15) is 30.0 Å². The van der Waals surface area contributed by atoms with Crippen LogP contribution in [-0.2, 0) is 9.59 Å². The van der Waals surface area contributed by atoms with E-state index in [9.17, 15) is 9.59 Å². The molecule has 2 aromatic rings. The third kappa shape index (κ3) is 6.53. The molecule has 1 aliphatic heterocycles. The Morgan fingerprint density at radius 2 is 1.39 bits per heavy atom. The van der Waals surface area contributed by atoms with Gasteiger partial charge in [-0.25, -0.2) is 0 Å². The van der Waals surface area contributed by atoms with Crippen molar-refractivity contribution in [3.05, 3.63) is 70.7 Å². The highest BCUT2D eigenvalue weighted by molar-refractivity contribution is 6.30. The smallest absolute Gasteiger partial charge is 0.234 e. The number of hydrogen-bond donors (Lipinski definition) is 2. The van der Waals surface area contributed by atoms with Crippen LogP contribution < -0.4 is 10.6 Å². The SMILES string of the molecule is O=C(CN1CCN(CC(=O)NC(c2ccccc2)c2ccc(Cl)cc2)CC1)NC1CC1. The fourth-order valence-electron chi connectivity index (χ4n) is 3.88. The first-order valence-electron chi connectivity index (χ1n) is 10.9. The molecule has 2 aliphatic rings. The number of rotatable bonds is 8. The summed E-state index contributed by atoms with van der Waals surface area (Å²) in [6.07, 6.45) is 2.21. The first kappa shape index (κ1) is 21.8. The first-order valence-corrected chi connectivity index (χ1v) is 11.3. The average Bonchev–Trinajstić information content (AvgIpc) is 3.59. The molecular formula is C24H29ClN4O2. The Hall–Kier alpha value is -2.41. The van der Waals surface area contributed by atoms with Crippen LogP contribution in [-0.4, -0.2) is 66.9 Å². The van der Waals surface area contributed by atoms with Crippen molar-refractivity contribution in [1.82, 2.24) is 20.4 Å². The Morgan fingerprint density at radius 1 is 0.839 bits per heavy atom. The van der Waals surface area contributed by atoms with Crippen LogP contribution in [0.25, 0.3) is 0 Å². The van der Waals surface area contributed by atoms with E-state index >= 15 is 0 Å². The highest BCUT2D eigenvalue weighted by Gasteiger charge is 2.26. The monoisotopic (exact) mass is 440 g/mol. The van der Waals surface area contributed by atoms with Crippen LogP contribution in [0, 0.1) is 0 Å². The number of carbonyl (C=O) groups is 2. The maximum Gasteiger partial charge on any atom is 0.234 e. The number of nitrogens with zero attached hydrogens (tertiary/aromatic N) is 2. The molecule has 2 fully saturated rings. The van der Waals surface area contributed by atoms with E-state index in [2.05, 4.69) is 20.4 Å². The van der Waals surface area contributed by atoms with Crippen LogP contribution in [0.4, 0.5) is 0 Å². The first-order chi connectivity index (χ1) is 15.1. The largest absolute Gasteiger partial charge is 0.352 e. The number of piperazine rings is 1. The van der Waals surface area contributed by atoms with Crippen molar-refractivity contribution in [3.8, 4) is 0 Å². The highest BCUT2D eigenvalue weighted by Crippen LogP contribution is 2.23. The maximum absolute atomic E-state index is 12.9. The summed E-state index contributed by atoms with van der Waals surface area (Å²) in [4.78, 5) is 29.2. The van der Waals surface area contributed by atoms with E-state index in [4.69, 9.17) is 11.6 Å². The second kappa shape index (κ2) is 10.3. The lowest BCUT2D eigenvalue weighted by Gasteiger charge is -2.34. The predicted octanol–water partition coefficient (Wildman–Crippen LogP) is 2.44. The van der Waals surface area contributed by atoms with E-state index in [-0.39, 0.29) is 17.9 Å². The molecule has 1 unspecified atom stereocenters. The van der Waals surface area contributed by atoms with Crippen LogP contribution >= 0.6 is 11.6 Å². The molecule has 1 heterocycles. The van der Waals surface area contributed by atoms with Gasteiger partial charge in [0.05, 0.1) is 19.1 Å². The van der Waals surface area contributed by atoms with Crippen molar-refractivity contribution in [3.63, 3.8) is 0 Å². The average molecular weight is 441 g/mol. The zero-order chi connectivity index (χ0) is 21.6. The van der Waals surface area contributed by atoms with Gasteiger partial charge in [0.1, 0.15) is 0 Å². The fourth-order valence-corrected chi connectivity index (χ4v) is 4.01. The molecular weight excluding hydrogens is 412 g/mol. The second-order valence-corrected chi connectivity index (χ2v) is 8.79. The van der Waals surface area contributed by atoms with E-state index in [0.717, 1.165) is 50.1 Å². The molecule has 4 rings (SSSR count). The summed E-state index contributed by atoms with van der Waals surface area (Å²) in [6.45, 7) is 3.94. The van der Waals surface area contributed by atoms with Crippen LogP contribution in [0.5, 0.6) is 0 Å². The quantitative estimate of drug-likeness (QED) is 0.661. The van der Waals surface area contributed by atoms with Crippen molar-refractivity contribution in [2.45, 2.75) is 24.9 Å². The number of nitrogens with one attached hydrogen (secondary N) is 2. The molecule has 0 spiro atoms. The lowest BCUT2D eigenvalue weighted by molar-refractivity contribution is -0.125. The summed E-state index contributed by atoms with van der Waals surface area (Å²) in [5.41, 5.74) is 2.03. The number of amides is 2. The Kier molecular flexibility index (Phi) is 7.22. The van der Waals surface area contributed by atoms with Crippen molar-refractivity contribution < 1.29 is 9.59 Å². The second-order valence-electron chi connectivity index (χ2n) is 8.36. The van der Waals surface area contributed by atoms with Crippen molar-refractivity contribution >= 4 is 23.4 Å². The van der Waals surface area contributed by atoms with Gasteiger partial charge in [-0.1, -0.05) is 54.1 Å². The lowest BCUT2D eigenvalue weighted by Crippen LogP contribution is -2.51. The zero-order valence-electron chi connectivity index (χ0n) is 17.6. The van der Waals surface area contributed by atoms with E-state index in [1.807, 2.05) is 54.6 Å². The predicted molar refractivity (Wildman–Crippen MR) is 122 cm³/mol. The van der Waals surface area contributed by atoms with Gasteiger partial charge in [-0.3, -0.25) is 19.4 Å². The number of halogens is 1. The van der Waals surface area contributed by atoms with Gasteiger partial charge in [0.25, 0.3) is 0 Å². The minimum Gasteiger partial charge on any atom is -0.352 e. The topological polar surface area (TPSA) is 64.7 Å². The van der Waals surface area contributed by atoms with Crippen LogP contribution in [0.3, 0.4) is 0 Å². The van der Waals surface area contributed by atoms with Gasteiger partial charge in [0.2, 0.25) is 11.8 Å². The Bertz CT molecular complexity index is 878. The summed E-state index contributed by atoms with van der Waals surface area (Å²) >= 11 is 6.04. The lowest BCUT2D eigenvalue weighted by atomic mass is 9.98. The highest BCUT2D eigenvalue weighted by atomic mass is 35.5. The summed E-state index contributed by atoms with van der Waals surface area (Å²) in [5.74, 6) is 0.103. The van der Waals surface area contributed by atoms with Crippen LogP contribution in [0.15, 0.2) is 54.6 Å². The molecule has 6 nitrogen and oxygen atoms in total. The van der Waals surface area contributed by atoms with E-state index in [1.54, 1.807) is 0 Å². The fraction of sp³-hybridized carbons (Fsp3) is 0.417. The van der Waals surface area contributed by atoms with Gasteiger partial charge in [-0.15, -0.1) is 0 Å². The van der Waals surface area contributed by atoms with E-state index < -0.39 is 0 Å². The van der Waals surface area contributed by atoms with Gasteiger partial charge in [-0.05, 0) is 36.1 Å². The molecule has 164 valence electrons. The summed E-state index contributed by atoms with van der Waals surface area (Å²) < 4.78 is 0. The third-order valence-corrected chi connectivity index (χ3v) is 6.04. The molecule has 1 aliphatic carbocycles. The molecule has 0 radical (unpaired) electrons. The van der Waals surface area contributed by atoms with Crippen molar-refractivity contribution in [2.75, 3.05) is 39.3 Å². The molecule has 0 aromatic heterocycles. The van der Waals surface area contributed by atoms with Crippen molar-refractivity contribution in [2.24, 2.45) is 0 Å². The van der Waals surface area contributed by atoms with E-state index in [1.165, 1.54) is 0 Å². The van der Waals surface area contributed by atoms with E-state index in [0.29, 0.717) is 24.2 Å². The maximum atomic E-state index is 12.9. The van der Waals surface area contributed by atoms with Gasteiger partial charge in [-0.2, -0.15) is 0 Å². The third-order valence-electron chi connectivity index (χ3n) is 5.78. The molecule has 2 N–H and O–H groups in total. The minimum atomic E-state index is -0.224. The molecule has 2 amide bonds. The van der Waals surface area contributed by atoms with Gasteiger partial charge in [0, 0.05) is 37.2 Å². The number of hydrogen-bond acceptors (Lipinski definition) is 4. The standard InChI is InChI=1S/C24H29ClN4O2/c25-20-8-6-19(7-9-20)24(18-4-2-1-3-5-18)27-23(31)17-29-14-12-28(13-15-29)16-22(30)26-21-10-11-21/h1-9,21,24H,10-17H2,(H,26,30)(H,27,31). The summed E-state index contributed by atoms with van der Waals surface area (Å²) in [5, 5.41) is 6.89. The van der Waals surface area contributed by atoms with Crippen LogP contribution in [0.2, 0.25) is 5.02 Å². The molecule has 7 heteroatoms. The number of carbonyl (C=O) groups excluding carboxylic acids is 2. The van der Waals surface area contributed by atoms with Crippen molar-refractivity contribution in [1.29, 1.82) is 0 Å². The zero-order valence-corrected chi connectivity index (χ0v) is 18.4. The molecule has 2 aromatic carbocycles. The molecule has 1 saturated carbocycles. The van der Waals surface area contributed by atoms with Gasteiger partial charge in [0.15, 0.2) is 0 Å². The Balaban J connectivity index is 1.30. The Morgan fingerprint density at radius 3 is 1.97 bits per heavy atom. The Labute approximate surface area is 188 Å². The minimum absolute atomic E-state index is 0.0104. The molecule has 1 atom stereocenters. The summed E-state index contributed by atoms with van der Waals surface area (Å²) in [7, 11) is 0. The molecule has 1 saturated heterocycles. The molecule has 31 heavy (non-hydrogen) atoms. The normalized spacial score (nSPS) is 18.4. The van der Waals surface area contributed by atoms with Gasteiger partial charge >= 0.3 is 0 Å². The molecule has 0 bridgehead atoms. The van der Waals surface area contributed by atoms with Gasteiger partial charge < -0.3 is 10.6 Å². The summed E-state index contributed by atoms with van der Waals surface area (Å²) in [6, 6.07) is 17.7. The number of benzene rings is 2.